The van der Waals surface area contributed by atoms with Crippen LogP contribution in [0.2, 0.25) is 0 Å². The topological polar surface area (TPSA) is 32.5 Å². The number of hydrogen-bond donors (Lipinski definition) is 1. The van der Waals surface area contributed by atoms with Gasteiger partial charge in [0.1, 0.15) is 0 Å². The Balaban J connectivity index is 1.81. The summed E-state index contributed by atoms with van der Waals surface area (Å²) in [6, 6.07) is 10.2. The van der Waals surface area contributed by atoms with Crippen molar-refractivity contribution in [3.05, 3.63) is 35.4 Å². The van der Waals surface area contributed by atoms with Crippen LogP contribution in [-0.4, -0.2) is 48.1 Å². The van der Waals surface area contributed by atoms with Crippen LogP contribution in [0.3, 0.4) is 0 Å². The van der Waals surface area contributed by atoms with Crippen LogP contribution in [0.4, 0.5) is 0 Å². The third-order valence-corrected chi connectivity index (χ3v) is 5.15. The molecule has 2 fully saturated rings. The van der Waals surface area contributed by atoms with Gasteiger partial charge in [0.2, 0.25) is 0 Å². The molecule has 1 aromatic rings. The van der Waals surface area contributed by atoms with Gasteiger partial charge in [-0.2, -0.15) is 0 Å². The summed E-state index contributed by atoms with van der Waals surface area (Å²) >= 11 is 0. The van der Waals surface area contributed by atoms with Crippen molar-refractivity contribution in [2.75, 3.05) is 26.2 Å². The molecule has 0 amide bonds. The van der Waals surface area contributed by atoms with Crippen LogP contribution < -0.4 is 5.73 Å². The quantitative estimate of drug-likeness (QED) is 0.927. The summed E-state index contributed by atoms with van der Waals surface area (Å²) < 4.78 is 0. The molecule has 0 radical (unpaired) electrons. The van der Waals surface area contributed by atoms with Crippen molar-refractivity contribution in [3.8, 4) is 0 Å². The predicted octanol–water partition coefficient (Wildman–Crippen LogP) is 2.55. The fourth-order valence-corrected chi connectivity index (χ4v) is 4.10. The summed E-state index contributed by atoms with van der Waals surface area (Å²) in [7, 11) is 0. The second-order valence-corrected chi connectivity index (χ2v) is 6.90. The Morgan fingerprint density at radius 3 is 2.52 bits per heavy atom. The van der Waals surface area contributed by atoms with E-state index >= 15 is 0 Å². The van der Waals surface area contributed by atoms with E-state index in [9.17, 15) is 0 Å². The molecule has 21 heavy (non-hydrogen) atoms. The molecular weight excluding hydrogens is 258 g/mol. The second-order valence-electron chi connectivity index (χ2n) is 6.90. The van der Waals surface area contributed by atoms with Crippen LogP contribution in [0.1, 0.15) is 43.4 Å². The molecule has 116 valence electrons. The van der Waals surface area contributed by atoms with Gasteiger partial charge in [0.05, 0.1) is 0 Å². The second kappa shape index (κ2) is 6.47. The highest BCUT2D eigenvalue weighted by Gasteiger charge is 2.33. The van der Waals surface area contributed by atoms with E-state index in [0.29, 0.717) is 6.04 Å². The Bertz CT molecular complexity index is 454. The number of aryl methyl sites for hydroxylation is 1. The molecule has 2 aliphatic heterocycles. The molecule has 0 saturated carbocycles. The lowest BCUT2D eigenvalue weighted by molar-refractivity contribution is 0.157. The van der Waals surface area contributed by atoms with E-state index in [4.69, 9.17) is 5.73 Å². The molecule has 2 heterocycles. The number of hydrogen-bond acceptors (Lipinski definition) is 3. The first-order valence-electron chi connectivity index (χ1n) is 8.45. The van der Waals surface area contributed by atoms with E-state index in [1.165, 1.54) is 56.6 Å². The zero-order valence-corrected chi connectivity index (χ0v) is 13.5. The van der Waals surface area contributed by atoms with E-state index in [1.807, 2.05) is 0 Å². The average Bonchev–Trinajstić information content (AvgIpc) is 2.79. The third-order valence-electron chi connectivity index (χ3n) is 5.15. The highest BCUT2D eigenvalue weighted by molar-refractivity contribution is 5.25. The average molecular weight is 287 g/mol. The Kier molecular flexibility index (Phi) is 4.63. The molecule has 0 aromatic heterocycles. The molecule has 3 nitrogen and oxygen atoms in total. The Hall–Kier alpha value is -0.900. The number of nitrogens with zero attached hydrogens (tertiary/aromatic N) is 2. The number of rotatable bonds is 3. The third kappa shape index (κ3) is 3.31. The largest absolute Gasteiger partial charge is 0.326 e. The maximum absolute atomic E-state index is 6.37. The van der Waals surface area contributed by atoms with Gasteiger partial charge in [-0.05, 0) is 51.8 Å². The van der Waals surface area contributed by atoms with Crippen molar-refractivity contribution >= 4 is 0 Å². The number of nitrogens with two attached hydrogens (primary N) is 1. The minimum atomic E-state index is 0.167. The van der Waals surface area contributed by atoms with Gasteiger partial charge < -0.3 is 5.73 Å². The number of benzene rings is 1. The molecule has 0 spiro atoms. The van der Waals surface area contributed by atoms with Crippen molar-refractivity contribution in [2.24, 2.45) is 5.73 Å². The van der Waals surface area contributed by atoms with Gasteiger partial charge in [0.15, 0.2) is 0 Å². The van der Waals surface area contributed by atoms with Gasteiger partial charge in [0.25, 0.3) is 0 Å². The SMILES string of the molecule is Cc1ccc(C(C(C)N)N2CCCN3CCCC3C2)cc1. The molecule has 3 unspecified atom stereocenters. The summed E-state index contributed by atoms with van der Waals surface area (Å²) in [6.07, 6.45) is 3.99. The molecule has 0 aliphatic carbocycles. The van der Waals surface area contributed by atoms with Crippen LogP contribution in [0.15, 0.2) is 24.3 Å². The number of fused-ring (bicyclic) bond motifs is 1. The molecule has 3 atom stereocenters. The summed E-state index contributed by atoms with van der Waals surface area (Å²) in [5.41, 5.74) is 9.07. The standard InChI is InChI=1S/C18H29N3/c1-14-6-8-16(9-7-14)18(15(2)19)21-12-4-11-20-10-3-5-17(20)13-21/h6-9,15,17-18H,3-5,10-13,19H2,1-2H3. The summed E-state index contributed by atoms with van der Waals surface area (Å²) in [4.78, 5) is 5.33. The summed E-state index contributed by atoms with van der Waals surface area (Å²) in [6.45, 7) is 9.22. The maximum Gasteiger partial charge on any atom is 0.0497 e. The van der Waals surface area contributed by atoms with Gasteiger partial charge in [-0.1, -0.05) is 29.8 Å². The fraction of sp³-hybridized carbons (Fsp3) is 0.667. The Morgan fingerprint density at radius 1 is 1.10 bits per heavy atom. The smallest absolute Gasteiger partial charge is 0.0497 e. The van der Waals surface area contributed by atoms with Gasteiger partial charge in [-0.3, -0.25) is 9.80 Å². The Morgan fingerprint density at radius 2 is 1.81 bits per heavy atom. The zero-order chi connectivity index (χ0) is 14.8. The molecular formula is C18H29N3. The summed E-state index contributed by atoms with van der Waals surface area (Å²) in [5.74, 6) is 0. The normalized spacial score (nSPS) is 27.1. The van der Waals surface area contributed by atoms with Crippen molar-refractivity contribution in [1.29, 1.82) is 0 Å². The molecule has 2 aliphatic rings. The Labute approximate surface area is 129 Å². The van der Waals surface area contributed by atoms with Gasteiger partial charge in [0, 0.05) is 31.2 Å². The predicted molar refractivity (Wildman–Crippen MR) is 88.4 cm³/mol. The van der Waals surface area contributed by atoms with Crippen LogP contribution in [-0.2, 0) is 0 Å². The molecule has 1 aromatic carbocycles. The van der Waals surface area contributed by atoms with Crippen LogP contribution in [0.25, 0.3) is 0 Å². The van der Waals surface area contributed by atoms with Crippen LogP contribution in [0.5, 0.6) is 0 Å². The first-order valence-corrected chi connectivity index (χ1v) is 8.45. The van der Waals surface area contributed by atoms with Gasteiger partial charge in [-0.25, -0.2) is 0 Å². The highest BCUT2D eigenvalue weighted by Crippen LogP contribution is 2.29. The van der Waals surface area contributed by atoms with E-state index in [-0.39, 0.29) is 6.04 Å². The van der Waals surface area contributed by atoms with Crippen molar-refractivity contribution in [1.82, 2.24) is 9.80 Å². The zero-order valence-electron chi connectivity index (χ0n) is 13.5. The summed E-state index contributed by atoms with van der Waals surface area (Å²) in [5, 5.41) is 0. The molecule has 0 bridgehead atoms. The van der Waals surface area contributed by atoms with E-state index in [0.717, 1.165) is 6.04 Å². The van der Waals surface area contributed by atoms with Crippen molar-refractivity contribution in [3.63, 3.8) is 0 Å². The molecule has 2 saturated heterocycles. The van der Waals surface area contributed by atoms with Crippen LogP contribution >= 0.6 is 0 Å². The lowest BCUT2D eigenvalue weighted by atomic mass is 9.97. The van der Waals surface area contributed by atoms with Gasteiger partial charge >= 0.3 is 0 Å². The van der Waals surface area contributed by atoms with E-state index in [2.05, 4.69) is 47.9 Å². The maximum atomic E-state index is 6.37. The molecule has 2 N–H and O–H groups in total. The lowest BCUT2D eigenvalue weighted by Crippen LogP contribution is -2.44. The van der Waals surface area contributed by atoms with Crippen molar-refractivity contribution in [2.45, 2.75) is 51.2 Å². The fourth-order valence-electron chi connectivity index (χ4n) is 4.10. The highest BCUT2D eigenvalue weighted by atomic mass is 15.3. The van der Waals surface area contributed by atoms with Crippen molar-refractivity contribution < 1.29 is 0 Å². The lowest BCUT2D eigenvalue weighted by Gasteiger charge is -2.35. The minimum Gasteiger partial charge on any atom is -0.326 e. The monoisotopic (exact) mass is 287 g/mol. The molecule has 3 rings (SSSR count). The first-order chi connectivity index (χ1) is 10.1. The minimum absolute atomic E-state index is 0.167. The van der Waals surface area contributed by atoms with E-state index in [1.54, 1.807) is 0 Å². The van der Waals surface area contributed by atoms with E-state index < -0.39 is 0 Å². The first kappa shape index (κ1) is 15.0. The van der Waals surface area contributed by atoms with Crippen LogP contribution in [0, 0.1) is 6.92 Å². The molecule has 3 heteroatoms. The van der Waals surface area contributed by atoms with Gasteiger partial charge in [-0.15, -0.1) is 0 Å².